The van der Waals surface area contributed by atoms with E-state index in [1.807, 2.05) is 13.0 Å². The van der Waals surface area contributed by atoms with Crippen molar-refractivity contribution < 1.29 is 0 Å². The first-order chi connectivity index (χ1) is 8.58. The number of anilines is 2. The van der Waals surface area contributed by atoms with Gasteiger partial charge in [0, 0.05) is 0 Å². The second kappa shape index (κ2) is 5.08. The first kappa shape index (κ1) is 12.4. The summed E-state index contributed by atoms with van der Waals surface area (Å²) in [5, 5.41) is 3.40. The number of nitrogen functional groups attached to an aromatic ring is 1. The molecule has 1 aromatic heterocycles. The average Bonchev–Trinajstić information content (AvgIpc) is 2.34. The van der Waals surface area contributed by atoms with E-state index >= 15 is 0 Å². The SMILES string of the molecule is Cc1cc(NC(C)c2ccccc2C)ncc1N. The summed E-state index contributed by atoms with van der Waals surface area (Å²) in [4.78, 5) is 4.30. The lowest BCUT2D eigenvalue weighted by atomic mass is 10.0. The molecular formula is C15H19N3. The fraction of sp³-hybridized carbons (Fsp3) is 0.267. The monoisotopic (exact) mass is 241 g/mol. The highest BCUT2D eigenvalue weighted by molar-refractivity contribution is 5.51. The summed E-state index contributed by atoms with van der Waals surface area (Å²) in [5.41, 5.74) is 10.1. The molecule has 0 spiro atoms. The van der Waals surface area contributed by atoms with Crippen LogP contribution in [-0.2, 0) is 0 Å². The van der Waals surface area contributed by atoms with Crippen LogP contribution >= 0.6 is 0 Å². The molecule has 1 unspecified atom stereocenters. The Morgan fingerprint density at radius 3 is 2.56 bits per heavy atom. The minimum Gasteiger partial charge on any atom is -0.397 e. The lowest BCUT2D eigenvalue weighted by molar-refractivity contribution is 0.864. The molecule has 3 N–H and O–H groups in total. The number of benzene rings is 1. The Kier molecular flexibility index (Phi) is 3.51. The third-order valence-electron chi connectivity index (χ3n) is 3.17. The highest BCUT2D eigenvalue weighted by atomic mass is 15.0. The standard InChI is InChI=1S/C15H19N3/c1-10-6-4-5-7-13(10)12(3)18-15-8-11(2)14(16)9-17-15/h4-9,12H,16H2,1-3H3,(H,17,18). The van der Waals surface area contributed by atoms with E-state index in [0.29, 0.717) is 0 Å². The maximum atomic E-state index is 5.76. The highest BCUT2D eigenvalue weighted by Gasteiger charge is 2.08. The summed E-state index contributed by atoms with van der Waals surface area (Å²) in [6.07, 6.45) is 1.70. The van der Waals surface area contributed by atoms with Crippen molar-refractivity contribution >= 4 is 11.5 Å². The van der Waals surface area contributed by atoms with Crippen molar-refractivity contribution in [3.8, 4) is 0 Å². The number of aromatic nitrogens is 1. The number of hydrogen-bond acceptors (Lipinski definition) is 3. The van der Waals surface area contributed by atoms with Gasteiger partial charge < -0.3 is 11.1 Å². The molecule has 3 nitrogen and oxygen atoms in total. The Labute approximate surface area is 108 Å². The molecule has 0 aliphatic carbocycles. The normalized spacial score (nSPS) is 12.2. The molecule has 0 saturated heterocycles. The molecule has 3 heteroatoms. The molecule has 2 aromatic rings. The van der Waals surface area contributed by atoms with Crippen molar-refractivity contribution in [2.45, 2.75) is 26.8 Å². The molecule has 0 bridgehead atoms. The van der Waals surface area contributed by atoms with Gasteiger partial charge in [0.05, 0.1) is 17.9 Å². The zero-order valence-electron chi connectivity index (χ0n) is 11.1. The van der Waals surface area contributed by atoms with Gasteiger partial charge in [-0.25, -0.2) is 4.98 Å². The van der Waals surface area contributed by atoms with Crippen LogP contribution in [0.5, 0.6) is 0 Å². The molecule has 94 valence electrons. The van der Waals surface area contributed by atoms with E-state index in [-0.39, 0.29) is 6.04 Å². The molecule has 0 aliphatic rings. The molecule has 0 radical (unpaired) electrons. The van der Waals surface area contributed by atoms with Crippen LogP contribution in [0.2, 0.25) is 0 Å². The van der Waals surface area contributed by atoms with Crippen LogP contribution in [0.4, 0.5) is 11.5 Å². The first-order valence-corrected chi connectivity index (χ1v) is 6.12. The second-order valence-corrected chi connectivity index (χ2v) is 4.65. The lowest BCUT2D eigenvalue weighted by Gasteiger charge is -2.17. The van der Waals surface area contributed by atoms with E-state index in [2.05, 4.69) is 48.4 Å². The van der Waals surface area contributed by atoms with Crippen molar-refractivity contribution in [3.05, 3.63) is 53.2 Å². The molecule has 1 heterocycles. The molecule has 1 aromatic carbocycles. The Morgan fingerprint density at radius 1 is 1.17 bits per heavy atom. The minimum atomic E-state index is 0.224. The van der Waals surface area contributed by atoms with Crippen molar-refractivity contribution in [1.82, 2.24) is 4.98 Å². The van der Waals surface area contributed by atoms with Gasteiger partial charge in [0.1, 0.15) is 5.82 Å². The van der Waals surface area contributed by atoms with E-state index in [9.17, 15) is 0 Å². The van der Waals surface area contributed by atoms with E-state index < -0.39 is 0 Å². The van der Waals surface area contributed by atoms with Crippen LogP contribution in [0.1, 0.15) is 29.7 Å². The van der Waals surface area contributed by atoms with Gasteiger partial charge >= 0.3 is 0 Å². The Morgan fingerprint density at radius 2 is 1.89 bits per heavy atom. The van der Waals surface area contributed by atoms with E-state index in [0.717, 1.165) is 17.1 Å². The molecule has 2 rings (SSSR count). The molecule has 0 amide bonds. The number of aryl methyl sites for hydroxylation is 2. The number of nitrogens with zero attached hydrogens (tertiary/aromatic N) is 1. The largest absolute Gasteiger partial charge is 0.397 e. The molecule has 1 atom stereocenters. The summed E-state index contributed by atoms with van der Waals surface area (Å²) >= 11 is 0. The predicted octanol–water partition coefficient (Wildman–Crippen LogP) is 3.45. The number of hydrogen-bond donors (Lipinski definition) is 2. The fourth-order valence-corrected chi connectivity index (χ4v) is 2.02. The maximum Gasteiger partial charge on any atom is 0.126 e. The van der Waals surface area contributed by atoms with Crippen LogP contribution in [0.3, 0.4) is 0 Å². The Hall–Kier alpha value is -2.03. The zero-order chi connectivity index (χ0) is 13.1. The van der Waals surface area contributed by atoms with Crippen molar-refractivity contribution in [2.75, 3.05) is 11.1 Å². The molecule has 18 heavy (non-hydrogen) atoms. The van der Waals surface area contributed by atoms with Crippen molar-refractivity contribution in [1.29, 1.82) is 0 Å². The molecule has 0 fully saturated rings. The summed E-state index contributed by atoms with van der Waals surface area (Å²) in [6.45, 7) is 6.24. The van der Waals surface area contributed by atoms with Gasteiger partial charge in [-0.3, -0.25) is 0 Å². The van der Waals surface area contributed by atoms with E-state index in [4.69, 9.17) is 5.73 Å². The van der Waals surface area contributed by atoms with Gasteiger partial charge in [-0.15, -0.1) is 0 Å². The minimum absolute atomic E-state index is 0.224. The summed E-state index contributed by atoms with van der Waals surface area (Å²) in [5.74, 6) is 0.859. The third-order valence-corrected chi connectivity index (χ3v) is 3.17. The Balaban J connectivity index is 2.19. The maximum absolute atomic E-state index is 5.76. The number of rotatable bonds is 3. The number of pyridine rings is 1. The van der Waals surface area contributed by atoms with Gasteiger partial charge in [0.2, 0.25) is 0 Å². The topological polar surface area (TPSA) is 50.9 Å². The number of nitrogens with one attached hydrogen (secondary N) is 1. The Bertz CT molecular complexity index is 549. The second-order valence-electron chi connectivity index (χ2n) is 4.65. The zero-order valence-corrected chi connectivity index (χ0v) is 11.1. The van der Waals surface area contributed by atoms with Crippen LogP contribution in [-0.4, -0.2) is 4.98 Å². The van der Waals surface area contributed by atoms with Crippen molar-refractivity contribution in [2.24, 2.45) is 0 Å². The van der Waals surface area contributed by atoms with Gasteiger partial charge in [-0.2, -0.15) is 0 Å². The molecule has 0 saturated carbocycles. The summed E-state index contributed by atoms with van der Waals surface area (Å²) in [6, 6.07) is 10.6. The predicted molar refractivity (Wildman–Crippen MR) is 76.6 cm³/mol. The van der Waals surface area contributed by atoms with Gasteiger partial charge in [-0.1, -0.05) is 24.3 Å². The number of nitrogens with two attached hydrogens (primary N) is 1. The smallest absolute Gasteiger partial charge is 0.126 e. The third kappa shape index (κ3) is 2.62. The van der Waals surface area contributed by atoms with Crippen LogP contribution < -0.4 is 11.1 Å². The lowest BCUT2D eigenvalue weighted by Crippen LogP contribution is -2.09. The van der Waals surface area contributed by atoms with E-state index in [1.54, 1.807) is 6.20 Å². The first-order valence-electron chi connectivity index (χ1n) is 6.12. The van der Waals surface area contributed by atoms with E-state index in [1.165, 1.54) is 11.1 Å². The van der Waals surface area contributed by atoms with Crippen LogP contribution in [0, 0.1) is 13.8 Å². The van der Waals surface area contributed by atoms with Gasteiger partial charge in [0.15, 0.2) is 0 Å². The van der Waals surface area contributed by atoms with Crippen LogP contribution in [0.25, 0.3) is 0 Å². The molecule has 0 aliphatic heterocycles. The van der Waals surface area contributed by atoms with Crippen molar-refractivity contribution in [3.63, 3.8) is 0 Å². The van der Waals surface area contributed by atoms with Gasteiger partial charge in [-0.05, 0) is 43.5 Å². The molecular weight excluding hydrogens is 222 g/mol. The van der Waals surface area contributed by atoms with Gasteiger partial charge in [0.25, 0.3) is 0 Å². The fourth-order valence-electron chi connectivity index (χ4n) is 2.02. The highest BCUT2D eigenvalue weighted by Crippen LogP contribution is 2.22. The summed E-state index contributed by atoms with van der Waals surface area (Å²) < 4.78 is 0. The average molecular weight is 241 g/mol. The summed E-state index contributed by atoms with van der Waals surface area (Å²) in [7, 11) is 0. The quantitative estimate of drug-likeness (QED) is 0.865. The van der Waals surface area contributed by atoms with Crippen LogP contribution in [0.15, 0.2) is 36.5 Å².